The van der Waals surface area contributed by atoms with Crippen molar-refractivity contribution in [1.29, 1.82) is 0 Å². The molecular weight excluding hydrogens is 200 g/mol. The van der Waals surface area contributed by atoms with Crippen molar-refractivity contribution in [3.8, 4) is 0 Å². The molecule has 0 aromatic rings. The first-order valence-electron chi connectivity index (χ1n) is 6.65. The molecule has 0 aliphatic heterocycles. The minimum Gasteiger partial charge on any atom is -0.355 e. The van der Waals surface area contributed by atoms with Gasteiger partial charge in [0.1, 0.15) is 0 Å². The molecule has 0 aromatic heterocycles. The Kier molecular flexibility index (Phi) is 16.1. The summed E-state index contributed by atoms with van der Waals surface area (Å²) in [5, 5.41) is 2.90. The molecule has 3 heteroatoms. The van der Waals surface area contributed by atoms with Crippen molar-refractivity contribution >= 4 is 5.91 Å². The van der Waals surface area contributed by atoms with E-state index in [4.69, 9.17) is 0 Å². The lowest BCUT2D eigenvalue weighted by molar-refractivity contribution is -0.121. The maximum atomic E-state index is 11.1. The lowest BCUT2D eigenvalue weighted by atomic mass is 10.3. The zero-order valence-corrected chi connectivity index (χ0v) is 11.8. The van der Waals surface area contributed by atoms with Crippen LogP contribution in [0.4, 0.5) is 0 Å². The molecule has 0 fully saturated rings. The number of rotatable bonds is 7. The fourth-order valence-electron chi connectivity index (χ4n) is 1.21. The molecule has 0 rings (SSSR count). The maximum absolute atomic E-state index is 11.1. The van der Waals surface area contributed by atoms with Crippen LogP contribution in [-0.4, -0.2) is 37.0 Å². The van der Waals surface area contributed by atoms with Gasteiger partial charge < -0.3 is 10.2 Å². The molecule has 0 saturated heterocycles. The molecule has 0 spiro atoms. The van der Waals surface area contributed by atoms with Crippen LogP contribution in [-0.2, 0) is 4.79 Å². The highest BCUT2D eigenvalue weighted by Gasteiger charge is 2.00. The predicted molar refractivity (Wildman–Crippen MR) is 71.7 cm³/mol. The third-order valence-corrected chi connectivity index (χ3v) is 2.12. The van der Waals surface area contributed by atoms with Gasteiger partial charge in [0.05, 0.1) is 0 Å². The Hall–Kier alpha value is -0.570. The molecule has 1 amide bonds. The molecule has 3 nitrogen and oxygen atoms in total. The van der Waals surface area contributed by atoms with Crippen LogP contribution in [0.15, 0.2) is 0 Å². The summed E-state index contributed by atoms with van der Waals surface area (Å²) in [6.07, 6.45) is 2.83. The molecule has 0 aromatic carbocycles. The van der Waals surface area contributed by atoms with Crippen molar-refractivity contribution in [3.63, 3.8) is 0 Å². The Bertz CT molecular complexity index is 145. The average Bonchev–Trinajstić information content (AvgIpc) is 2.26. The van der Waals surface area contributed by atoms with Crippen LogP contribution >= 0.6 is 0 Å². The number of amides is 1. The van der Waals surface area contributed by atoms with Crippen LogP contribution in [0.1, 0.15) is 53.9 Å². The summed E-state index contributed by atoms with van der Waals surface area (Å²) in [6.45, 7) is 14.4. The van der Waals surface area contributed by atoms with Gasteiger partial charge in [-0.1, -0.05) is 41.0 Å². The summed E-state index contributed by atoms with van der Waals surface area (Å²) in [7, 11) is 0. The highest BCUT2D eigenvalue weighted by molar-refractivity contribution is 5.75. The zero-order valence-electron chi connectivity index (χ0n) is 11.8. The smallest absolute Gasteiger partial charge is 0.220 e. The minimum atomic E-state index is 0.176. The molecule has 0 radical (unpaired) electrons. The molecule has 0 aliphatic rings. The summed E-state index contributed by atoms with van der Waals surface area (Å²) in [5.74, 6) is 0.176. The van der Waals surface area contributed by atoms with Gasteiger partial charge in [0.15, 0.2) is 0 Å². The quantitative estimate of drug-likeness (QED) is 0.729. The second kappa shape index (κ2) is 14.4. The van der Waals surface area contributed by atoms with E-state index in [0.29, 0.717) is 6.42 Å². The molecule has 0 heterocycles. The largest absolute Gasteiger partial charge is 0.355 e. The van der Waals surface area contributed by atoms with E-state index in [0.717, 1.165) is 32.6 Å². The number of likely N-dealkylation sites (N-methyl/N-ethyl adjacent to an activating group) is 1. The molecule has 16 heavy (non-hydrogen) atoms. The summed E-state index contributed by atoms with van der Waals surface area (Å²) < 4.78 is 0. The van der Waals surface area contributed by atoms with E-state index in [9.17, 15) is 4.79 Å². The molecule has 0 aliphatic carbocycles. The maximum Gasteiger partial charge on any atom is 0.220 e. The summed E-state index contributed by atoms with van der Waals surface area (Å²) in [5.41, 5.74) is 0. The first-order valence-corrected chi connectivity index (χ1v) is 6.65. The van der Waals surface area contributed by atoms with Crippen LogP contribution in [0, 0.1) is 0 Å². The molecule has 1 N–H and O–H groups in total. The number of hydrogen-bond donors (Lipinski definition) is 1. The van der Waals surface area contributed by atoms with E-state index >= 15 is 0 Å². The molecule has 0 unspecified atom stereocenters. The van der Waals surface area contributed by atoms with E-state index in [2.05, 4.69) is 37.9 Å². The van der Waals surface area contributed by atoms with E-state index < -0.39 is 0 Å². The Labute approximate surface area is 102 Å². The van der Waals surface area contributed by atoms with Crippen molar-refractivity contribution in [2.75, 3.05) is 26.2 Å². The molecule has 0 saturated carbocycles. The summed E-state index contributed by atoms with van der Waals surface area (Å²) >= 11 is 0. The molecular formula is C13H30N2O. The number of carbonyl (C=O) groups is 1. The van der Waals surface area contributed by atoms with E-state index in [1.54, 1.807) is 0 Å². The fourth-order valence-corrected chi connectivity index (χ4v) is 1.21. The van der Waals surface area contributed by atoms with E-state index in [1.165, 1.54) is 6.42 Å². The van der Waals surface area contributed by atoms with Gasteiger partial charge in [-0.15, -0.1) is 0 Å². The van der Waals surface area contributed by atoms with Crippen molar-refractivity contribution < 1.29 is 4.79 Å². The third kappa shape index (κ3) is 13.4. The summed E-state index contributed by atoms with van der Waals surface area (Å²) in [6, 6.07) is 0. The van der Waals surface area contributed by atoms with Crippen LogP contribution in [0.3, 0.4) is 0 Å². The van der Waals surface area contributed by atoms with Gasteiger partial charge in [0.2, 0.25) is 5.91 Å². The van der Waals surface area contributed by atoms with Crippen molar-refractivity contribution in [1.82, 2.24) is 10.2 Å². The van der Waals surface area contributed by atoms with Gasteiger partial charge >= 0.3 is 0 Å². The van der Waals surface area contributed by atoms with Gasteiger partial charge in [0.25, 0.3) is 0 Å². The van der Waals surface area contributed by atoms with Crippen LogP contribution in [0.2, 0.25) is 0 Å². The Balaban J connectivity index is 0. The Morgan fingerprint density at radius 1 is 1.06 bits per heavy atom. The normalized spacial score (nSPS) is 9.62. The predicted octanol–water partition coefficient (Wildman–Crippen LogP) is 2.66. The van der Waals surface area contributed by atoms with Gasteiger partial charge in [-0.3, -0.25) is 4.79 Å². The lowest BCUT2D eigenvalue weighted by Crippen LogP contribution is -2.34. The highest BCUT2D eigenvalue weighted by Crippen LogP contribution is 1.87. The van der Waals surface area contributed by atoms with Crippen molar-refractivity contribution in [3.05, 3.63) is 0 Å². The highest BCUT2D eigenvalue weighted by atomic mass is 16.1. The zero-order chi connectivity index (χ0) is 12.8. The monoisotopic (exact) mass is 230 g/mol. The second-order valence-corrected chi connectivity index (χ2v) is 3.83. The van der Waals surface area contributed by atoms with E-state index in [1.807, 2.05) is 6.92 Å². The minimum absolute atomic E-state index is 0.176. The number of hydrogen-bond acceptors (Lipinski definition) is 2. The Morgan fingerprint density at radius 3 is 1.94 bits per heavy atom. The van der Waals surface area contributed by atoms with Gasteiger partial charge in [-0.05, 0) is 19.5 Å². The number of carbonyl (C=O) groups excluding carboxylic acids is 1. The molecule has 0 atom stereocenters. The number of nitrogens with one attached hydrogen (secondary N) is 1. The summed E-state index contributed by atoms with van der Waals surface area (Å²) in [4.78, 5) is 13.4. The average molecular weight is 230 g/mol. The fraction of sp³-hybridized carbons (Fsp3) is 0.923. The van der Waals surface area contributed by atoms with Gasteiger partial charge in [-0.2, -0.15) is 0 Å². The standard InChI is InChI=1S/C10H22N2O.C3H8/c1-4-7-10(13)11-8-9-12(5-2)6-3;1-3-2/h4-9H2,1-3H3,(H,11,13);3H2,1-2H3. The first kappa shape index (κ1) is 17.8. The first-order chi connectivity index (χ1) is 7.65. The SMILES string of the molecule is CCC.CCCC(=O)NCCN(CC)CC. The van der Waals surface area contributed by atoms with Gasteiger partial charge in [0, 0.05) is 19.5 Å². The lowest BCUT2D eigenvalue weighted by Gasteiger charge is -2.17. The molecule has 98 valence electrons. The van der Waals surface area contributed by atoms with Gasteiger partial charge in [-0.25, -0.2) is 0 Å². The molecule has 0 bridgehead atoms. The second-order valence-electron chi connectivity index (χ2n) is 3.83. The van der Waals surface area contributed by atoms with E-state index in [-0.39, 0.29) is 5.91 Å². The van der Waals surface area contributed by atoms with Crippen LogP contribution in [0.25, 0.3) is 0 Å². The number of nitrogens with zero attached hydrogens (tertiary/aromatic N) is 1. The Morgan fingerprint density at radius 2 is 1.56 bits per heavy atom. The van der Waals surface area contributed by atoms with Crippen molar-refractivity contribution in [2.24, 2.45) is 0 Å². The van der Waals surface area contributed by atoms with Crippen LogP contribution in [0.5, 0.6) is 0 Å². The van der Waals surface area contributed by atoms with Crippen molar-refractivity contribution in [2.45, 2.75) is 53.9 Å². The third-order valence-electron chi connectivity index (χ3n) is 2.12. The van der Waals surface area contributed by atoms with Crippen LogP contribution < -0.4 is 5.32 Å². The topological polar surface area (TPSA) is 32.3 Å².